The minimum atomic E-state index is -3.64. The van der Waals surface area contributed by atoms with Crippen molar-refractivity contribution in [2.75, 3.05) is 33.8 Å². The molecule has 14 heteroatoms. The zero-order chi connectivity index (χ0) is 30.3. The number of carbonyl (C=O) groups is 2. The molecule has 4 aromatic carbocycles. The topological polar surface area (TPSA) is 169 Å². The van der Waals surface area contributed by atoms with Crippen molar-refractivity contribution in [2.24, 2.45) is 0 Å². The van der Waals surface area contributed by atoms with E-state index in [1.807, 2.05) is 24.3 Å². The second kappa shape index (κ2) is 12.6. The number of hydrogen-bond acceptors (Lipinski definition) is 8. The molecule has 4 rings (SSSR count). The van der Waals surface area contributed by atoms with Crippen molar-refractivity contribution in [1.82, 2.24) is 0 Å². The van der Waals surface area contributed by atoms with E-state index >= 15 is 0 Å². The van der Waals surface area contributed by atoms with E-state index in [2.05, 4.69) is 21.3 Å². The fourth-order valence-corrected chi connectivity index (χ4v) is 4.54. The molecule has 42 heavy (non-hydrogen) atoms. The van der Waals surface area contributed by atoms with Crippen LogP contribution in [-0.4, -0.2) is 41.4 Å². The highest BCUT2D eigenvalue weighted by atomic mass is 32.2. The van der Waals surface area contributed by atoms with Crippen LogP contribution in [0.15, 0.2) is 97.1 Å². The van der Waals surface area contributed by atoms with Gasteiger partial charge in [-0.3, -0.25) is 0 Å². The maximum absolute atomic E-state index is 12.3. The lowest BCUT2D eigenvalue weighted by molar-refractivity contribution is 0.261. The average Bonchev–Trinajstić information content (AvgIpc) is 2.90. The Morgan fingerprint density at radius 1 is 0.452 bits per heavy atom. The molecule has 0 saturated heterocycles. The largest absolute Gasteiger partial charge is 0.383 e. The van der Waals surface area contributed by atoms with Crippen LogP contribution in [0.2, 0.25) is 0 Å². The number of hydrogen-bond donors (Lipinski definition) is 4. The van der Waals surface area contributed by atoms with Gasteiger partial charge in [0.05, 0.1) is 12.5 Å². The molecule has 0 aliphatic carbocycles. The Kier molecular flexibility index (Phi) is 8.98. The van der Waals surface area contributed by atoms with Gasteiger partial charge >= 0.3 is 32.3 Å². The number of benzene rings is 4. The first-order valence-electron chi connectivity index (χ1n) is 12.2. The molecule has 0 aliphatic heterocycles. The lowest BCUT2D eigenvalue weighted by atomic mass is 10.1. The minimum absolute atomic E-state index is 0.137. The van der Waals surface area contributed by atoms with Crippen molar-refractivity contribution in [1.29, 1.82) is 0 Å². The van der Waals surface area contributed by atoms with Gasteiger partial charge in [0, 0.05) is 22.7 Å². The molecule has 0 radical (unpaired) electrons. The molecule has 0 aliphatic rings. The second-order valence-corrected chi connectivity index (χ2v) is 12.1. The lowest BCUT2D eigenvalue weighted by Gasteiger charge is -2.10. The van der Waals surface area contributed by atoms with Crippen LogP contribution in [-0.2, 0) is 20.2 Å². The number of urea groups is 2. The first-order valence-corrected chi connectivity index (χ1v) is 15.8. The van der Waals surface area contributed by atoms with Crippen LogP contribution in [0, 0.1) is 0 Å². The summed E-state index contributed by atoms with van der Waals surface area (Å²) in [5.74, 6) is 0.274. The first-order chi connectivity index (χ1) is 19.8. The Labute approximate surface area is 242 Å². The third-order valence-corrected chi connectivity index (χ3v) is 6.33. The molecule has 0 fully saturated rings. The average molecular weight is 611 g/mol. The van der Waals surface area contributed by atoms with Gasteiger partial charge < -0.3 is 29.6 Å². The molecule has 0 unspecified atom stereocenters. The molecule has 0 aromatic heterocycles. The van der Waals surface area contributed by atoms with E-state index in [4.69, 9.17) is 8.37 Å². The van der Waals surface area contributed by atoms with Crippen LogP contribution in [0.5, 0.6) is 11.5 Å². The Morgan fingerprint density at radius 2 is 0.690 bits per heavy atom. The molecular weight excluding hydrogens is 584 g/mol. The highest BCUT2D eigenvalue weighted by molar-refractivity contribution is 7.86. The van der Waals surface area contributed by atoms with Crippen LogP contribution in [0.3, 0.4) is 0 Å². The molecule has 12 nitrogen and oxygen atoms in total. The van der Waals surface area contributed by atoms with Gasteiger partial charge in [-0.15, -0.1) is 0 Å². The summed E-state index contributed by atoms with van der Waals surface area (Å²) >= 11 is 0. The van der Waals surface area contributed by atoms with E-state index < -0.39 is 32.3 Å². The predicted octanol–water partition coefficient (Wildman–Crippen LogP) is 5.32. The summed E-state index contributed by atoms with van der Waals surface area (Å²) in [7, 11) is -7.27. The summed E-state index contributed by atoms with van der Waals surface area (Å²) in [6.07, 6.45) is 1.89. The number of nitrogens with one attached hydrogen (secondary N) is 4. The molecule has 4 amide bonds. The standard InChI is InChI=1S/C28H26N4O8S2/c1-41(35,36)39-25-15-11-23(12-16-25)31-27(33)29-21-7-3-19(4-8-21)20-5-9-22(10-6-20)30-28(34)32-24-13-17-26(18-14-24)40-42(2,37)38/h3-18H,1-2H3,(H2,29,31,33)(H2,30,32,34). The van der Waals surface area contributed by atoms with Crippen molar-refractivity contribution in [3.8, 4) is 22.6 Å². The summed E-state index contributed by atoms with van der Waals surface area (Å²) < 4.78 is 54.3. The lowest BCUT2D eigenvalue weighted by Crippen LogP contribution is -2.19. The zero-order valence-electron chi connectivity index (χ0n) is 22.3. The van der Waals surface area contributed by atoms with E-state index in [0.717, 1.165) is 23.6 Å². The van der Waals surface area contributed by atoms with Gasteiger partial charge in [0.2, 0.25) is 0 Å². The first kappa shape index (κ1) is 29.9. The smallest absolute Gasteiger partial charge is 0.323 e. The van der Waals surface area contributed by atoms with E-state index in [1.54, 1.807) is 24.3 Å². The Morgan fingerprint density at radius 3 is 0.929 bits per heavy atom. The van der Waals surface area contributed by atoms with Crippen molar-refractivity contribution in [3.63, 3.8) is 0 Å². The van der Waals surface area contributed by atoms with Crippen LogP contribution < -0.4 is 29.6 Å². The second-order valence-electron chi connectivity index (χ2n) is 8.94. The fourth-order valence-electron chi connectivity index (χ4n) is 3.62. The third kappa shape index (κ3) is 9.53. The Hall–Kier alpha value is -5.08. The number of rotatable bonds is 9. The van der Waals surface area contributed by atoms with Gasteiger partial charge in [0.1, 0.15) is 11.5 Å². The number of anilines is 4. The van der Waals surface area contributed by atoms with Gasteiger partial charge in [0.25, 0.3) is 0 Å². The van der Waals surface area contributed by atoms with Crippen molar-refractivity contribution >= 4 is 55.0 Å². The van der Waals surface area contributed by atoms with E-state index in [0.29, 0.717) is 22.7 Å². The molecule has 0 heterocycles. The molecule has 4 N–H and O–H groups in total. The van der Waals surface area contributed by atoms with Crippen molar-refractivity contribution < 1.29 is 34.8 Å². The summed E-state index contributed by atoms with van der Waals surface area (Å²) in [6.45, 7) is 0. The van der Waals surface area contributed by atoms with Gasteiger partial charge in [-0.2, -0.15) is 16.8 Å². The highest BCUT2D eigenvalue weighted by Gasteiger charge is 2.09. The zero-order valence-corrected chi connectivity index (χ0v) is 24.0. The molecular formula is C28H26N4O8S2. The molecule has 0 saturated carbocycles. The maximum atomic E-state index is 12.3. The summed E-state index contributed by atoms with van der Waals surface area (Å²) in [5.41, 5.74) is 3.77. The minimum Gasteiger partial charge on any atom is -0.383 e. The van der Waals surface area contributed by atoms with Gasteiger partial charge in [0.15, 0.2) is 0 Å². The van der Waals surface area contributed by atoms with Crippen LogP contribution in [0.25, 0.3) is 11.1 Å². The summed E-state index contributed by atoms with van der Waals surface area (Å²) in [6, 6.07) is 25.1. The summed E-state index contributed by atoms with van der Waals surface area (Å²) in [5, 5.41) is 10.7. The van der Waals surface area contributed by atoms with E-state index in [-0.39, 0.29) is 11.5 Å². The fraction of sp³-hybridized carbons (Fsp3) is 0.0714. The normalized spacial score (nSPS) is 11.2. The van der Waals surface area contributed by atoms with Gasteiger partial charge in [-0.05, 0) is 83.9 Å². The monoisotopic (exact) mass is 610 g/mol. The van der Waals surface area contributed by atoms with Crippen LogP contribution in [0.4, 0.5) is 32.3 Å². The quantitative estimate of drug-likeness (QED) is 0.185. The van der Waals surface area contributed by atoms with Crippen LogP contribution in [0.1, 0.15) is 0 Å². The molecule has 0 bridgehead atoms. The summed E-state index contributed by atoms with van der Waals surface area (Å²) in [4.78, 5) is 24.7. The third-order valence-electron chi connectivity index (χ3n) is 5.34. The Bertz CT molecular complexity index is 1640. The van der Waals surface area contributed by atoms with Crippen molar-refractivity contribution in [3.05, 3.63) is 97.1 Å². The number of amides is 4. The number of carbonyl (C=O) groups excluding carboxylic acids is 2. The molecule has 218 valence electrons. The predicted molar refractivity (Wildman–Crippen MR) is 161 cm³/mol. The highest BCUT2D eigenvalue weighted by Crippen LogP contribution is 2.24. The van der Waals surface area contributed by atoms with E-state index in [1.165, 1.54) is 48.5 Å². The maximum Gasteiger partial charge on any atom is 0.323 e. The van der Waals surface area contributed by atoms with Gasteiger partial charge in [-0.25, -0.2) is 9.59 Å². The molecule has 4 aromatic rings. The molecule has 0 spiro atoms. The van der Waals surface area contributed by atoms with E-state index in [9.17, 15) is 26.4 Å². The molecule has 0 atom stereocenters. The van der Waals surface area contributed by atoms with Crippen LogP contribution >= 0.6 is 0 Å². The van der Waals surface area contributed by atoms with Crippen molar-refractivity contribution in [2.45, 2.75) is 0 Å². The van der Waals surface area contributed by atoms with Gasteiger partial charge in [-0.1, -0.05) is 24.3 Å². The SMILES string of the molecule is CS(=O)(=O)Oc1ccc(NC(=O)Nc2ccc(-c3ccc(NC(=O)Nc4ccc(OS(C)(=O)=O)cc4)cc3)cc2)cc1. The Balaban J connectivity index is 1.27.